The van der Waals surface area contributed by atoms with Crippen LogP contribution in [0.1, 0.15) is 11.6 Å². The Balaban J connectivity index is 1.74. The molecule has 0 N–H and O–H groups in total. The third-order valence-electron chi connectivity index (χ3n) is 4.28. The molecule has 2 aliphatic heterocycles. The van der Waals surface area contributed by atoms with E-state index < -0.39 is 0 Å². The van der Waals surface area contributed by atoms with Crippen molar-refractivity contribution in [1.82, 2.24) is 9.80 Å². The highest BCUT2D eigenvalue weighted by Crippen LogP contribution is 2.24. The van der Waals surface area contributed by atoms with Gasteiger partial charge in [-0.05, 0) is 17.7 Å². The molecule has 2 heterocycles. The highest BCUT2D eigenvalue weighted by molar-refractivity contribution is 5.20. The number of morpholine rings is 2. The Morgan fingerprint density at radius 1 is 0.905 bits per heavy atom. The molecule has 0 aliphatic carbocycles. The van der Waals surface area contributed by atoms with Crippen molar-refractivity contribution in [1.29, 1.82) is 0 Å². The second-order valence-electron chi connectivity index (χ2n) is 5.63. The summed E-state index contributed by atoms with van der Waals surface area (Å²) in [6.07, 6.45) is 0. The van der Waals surface area contributed by atoms with E-state index in [0.29, 0.717) is 6.04 Å². The molecule has 5 heteroatoms. The lowest BCUT2D eigenvalue weighted by Crippen LogP contribution is -2.46. The smallest absolute Gasteiger partial charge is 0.123 e. The second kappa shape index (κ2) is 7.31. The van der Waals surface area contributed by atoms with Crippen molar-refractivity contribution in [3.05, 3.63) is 35.6 Å². The van der Waals surface area contributed by atoms with Gasteiger partial charge in [-0.15, -0.1) is 0 Å². The highest BCUT2D eigenvalue weighted by Gasteiger charge is 2.25. The minimum absolute atomic E-state index is 0.175. The maximum absolute atomic E-state index is 13.2. The first kappa shape index (κ1) is 14.9. The molecule has 116 valence electrons. The lowest BCUT2D eigenvalue weighted by atomic mass is 10.0. The van der Waals surface area contributed by atoms with E-state index in [1.54, 1.807) is 12.1 Å². The van der Waals surface area contributed by atoms with Crippen LogP contribution in [0.15, 0.2) is 24.3 Å². The third kappa shape index (κ3) is 4.01. The number of nitrogens with zero attached hydrogens (tertiary/aromatic N) is 2. The van der Waals surface area contributed by atoms with E-state index in [0.717, 1.165) is 59.2 Å². The van der Waals surface area contributed by atoms with Gasteiger partial charge in [0.1, 0.15) is 5.82 Å². The van der Waals surface area contributed by atoms with Gasteiger partial charge in [0.25, 0.3) is 0 Å². The Labute approximate surface area is 125 Å². The average Bonchev–Trinajstić information content (AvgIpc) is 2.55. The van der Waals surface area contributed by atoms with Crippen LogP contribution in [-0.4, -0.2) is 69.0 Å². The first-order chi connectivity index (χ1) is 10.3. The first-order valence-corrected chi connectivity index (χ1v) is 7.70. The van der Waals surface area contributed by atoms with Gasteiger partial charge in [-0.1, -0.05) is 12.1 Å². The first-order valence-electron chi connectivity index (χ1n) is 7.70. The van der Waals surface area contributed by atoms with Gasteiger partial charge in [-0.3, -0.25) is 9.80 Å². The van der Waals surface area contributed by atoms with Crippen LogP contribution in [0.5, 0.6) is 0 Å². The van der Waals surface area contributed by atoms with E-state index >= 15 is 0 Å². The molecule has 0 saturated carbocycles. The predicted octanol–water partition coefficient (Wildman–Crippen LogP) is 1.53. The topological polar surface area (TPSA) is 24.9 Å². The fraction of sp³-hybridized carbons (Fsp3) is 0.625. The van der Waals surface area contributed by atoms with Crippen molar-refractivity contribution in [2.24, 2.45) is 0 Å². The summed E-state index contributed by atoms with van der Waals surface area (Å²) in [5.41, 5.74) is 1.18. The van der Waals surface area contributed by atoms with E-state index in [1.165, 1.54) is 5.56 Å². The minimum Gasteiger partial charge on any atom is -0.379 e. The predicted molar refractivity (Wildman–Crippen MR) is 78.8 cm³/mol. The Bertz CT molecular complexity index is 428. The zero-order valence-corrected chi connectivity index (χ0v) is 12.3. The number of halogens is 1. The molecule has 0 amide bonds. The van der Waals surface area contributed by atoms with Gasteiger partial charge in [0, 0.05) is 38.8 Å². The van der Waals surface area contributed by atoms with Crippen LogP contribution in [-0.2, 0) is 9.47 Å². The van der Waals surface area contributed by atoms with E-state index in [2.05, 4.69) is 9.80 Å². The maximum Gasteiger partial charge on any atom is 0.123 e. The molecule has 1 aromatic carbocycles. The molecule has 1 atom stereocenters. The second-order valence-corrected chi connectivity index (χ2v) is 5.63. The molecule has 0 aromatic heterocycles. The molecule has 2 saturated heterocycles. The molecule has 2 fully saturated rings. The molecule has 3 rings (SSSR count). The summed E-state index contributed by atoms with van der Waals surface area (Å²) in [6, 6.07) is 7.24. The minimum atomic E-state index is -0.175. The summed E-state index contributed by atoms with van der Waals surface area (Å²) in [4.78, 5) is 4.89. The van der Waals surface area contributed by atoms with E-state index in [-0.39, 0.29) is 5.82 Å². The summed E-state index contributed by atoms with van der Waals surface area (Å²) < 4.78 is 24.1. The van der Waals surface area contributed by atoms with Crippen LogP contribution >= 0.6 is 0 Å². The van der Waals surface area contributed by atoms with Gasteiger partial charge in [-0.2, -0.15) is 0 Å². The molecule has 0 unspecified atom stereocenters. The third-order valence-corrected chi connectivity index (χ3v) is 4.28. The van der Waals surface area contributed by atoms with Crippen molar-refractivity contribution < 1.29 is 13.9 Å². The fourth-order valence-electron chi connectivity index (χ4n) is 3.03. The van der Waals surface area contributed by atoms with Crippen LogP contribution in [0.4, 0.5) is 4.39 Å². The zero-order chi connectivity index (χ0) is 14.5. The Kier molecular flexibility index (Phi) is 5.19. The van der Waals surface area contributed by atoms with Crippen LogP contribution in [0.3, 0.4) is 0 Å². The molecule has 4 nitrogen and oxygen atoms in total. The summed E-state index contributed by atoms with van der Waals surface area (Å²) in [5, 5.41) is 0. The van der Waals surface area contributed by atoms with E-state index in [4.69, 9.17) is 9.47 Å². The van der Waals surface area contributed by atoms with Gasteiger partial charge in [0.05, 0.1) is 26.4 Å². The molecule has 0 radical (unpaired) electrons. The number of rotatable bonds is 4. The monoisotopic (exact) mass is 294 g/mol. The Morgan fingerprint density at radius 2 is 1.48 bits per heavy atom. The number of benzene rings is 1. The van der Waals surface area contributed by atoms with Gasteiger partial charge >= 0.3 is 0 Å². The van der Waals surface area contributed by atoms with E-state index in [1.807, 2.05) is 12.1 Å². The molecule has 1 aromatic rings. The van der Waals surface area contributed by atoms with Crippen molar-refractivity contribution in [3.63, 3.8) is 0 Å². The molecule has 2 aliphatic rings. The van der Waals surface area contributed by atoms with Gasteiger partial charge in [0.15, 0.2) is 0 Å². The molecule has 21 heavy (non-hydrogen) atoms. The zero-order valence-electron chi connectivity index (χ0n) is 12.3. The lowest BCUT2D eigenvalue weighted by Gasteiger charge is -2.38. The molecular weight excluding hydrogens is 271 g/mol. The van der Waals surface area contributed by atoms with Crippen molar-refractivity contribution in [2.75, 3.05) is 59.2 Å². The SMILES string of the molecule is Fc1ccc([C@@H](CN2CCOCC2)N2CCOCC2)cc1. The normalized spacial score (nSPS) is 23.1. The van der Waals surface area contributed by atoms with Gasteiger partial charge in [0.2, 0.25) is 0 Å². The standard InChI is InChI=1S/C16H23FN2O2/c17-15-3-1-14(2-4-15)16(19-7-11-21-12-8-19)13-18-5-9-20-10-6-18/h1-4,16H,5-13H2/t16-/m1/s1. The van der Waals surface area contributed by atoms with Crippen molar-refractivity contribution in [3.8, 4) is 0 Å². The van der Waals surface area contributed by atoms with E-state index in [9.17, 15) is 4.39 Å². The Hall–Kier alpha value is -1.01. The quantitative estimate of drug-likeness (QED) is 0.841. The lowest BCUT2D eigenvalue weighted by molar-refractivity contribution is -0.00987. The van der Waals surface area contributed by atoms with Crippen LogP contribution in [0.25, 0.3) is 0 Å². The molecule has 0 bridgehead atoms. The fourth-order valence-corrected chi connectivity index (χ4v) is 3.03. The summed E-state index contributed by atoms with van der Waals surface area (Å²) >= 11 is 0. The maximum atomic E-state index is 13.2. The summed E-state index contributed by atoms with van der Waals surface area (Å²) in [7, 11) is 0. The molecule has 0 spiro atoms. The summed E-state index contributed by atoms with van der Waals surface area (Å²) in [6.45, 7) is 7.96. The summed E-state index contributed by atoms with van der Waals surface area (Å²) in [5.74, 6) is -0.175. The van der Waals surface area contributed by atoms with Gasteiger partial charge < -0.3 is 9.47 Å². The van der Waals surface area contributed by atoms with Crippen molar-refractivity contribution >= 4 is 0 Å². The van der Waals surface area contributed by atoms with Crippen molar-refractivity contribution in [2.45, 2.75) is 6.04 Å². The number of hydrogen-bond acceptors (Lipinski definition) is 4. The van der Waals surface area contributed by atoms with Gasteiger partial charge in [-0.25, -0.2) is 4.39 Å². The molecular formula is C16H23FN2O2. The number of ether oxygens (including phenoxy) is 2. The van der Waals surface area contributed by atoms with Crippen LogP contribution in [0, 0.1) is 5.82 Å². The largest absolute Gasteiger partial charge is 0.379 e. The van der Waals surface area contributed by atoms with Crippen LogP contribution in [0.2, 0.25) is 0 Å². The Morgan fingerprint density at radius 3 is 2.10 bits per heavy atom. The average molecular weight is 294 g/mol. The van der Waals surface area contributed by atoms with Crippen LogP contribution < -0.4 is 0 Å². The highest BCUT2D eigenvalue weighted by atomic mass is 19.1. The number of hydrogen-bond donors (Lipinski definition) is 0.